The lowest BCUT2D eigenvalue weighted by Gasteiger charge is -2.19. The number of rotatable bonds is 2. The van der Waals surface area contributed by atoms with E-state index < -0.39 is 0 Å². The van der Waals surface area contributed by atoms with Crippen LogP contribution in [0.25, 0.3) is 0 Å². The summed E-state index contributed by atoms with van der Waals surface area (Å²) >= 11 is 0. The fraction of sp³-hybridized carbons (Fsp3) is 0.0526. The van der Waals surface area contributed by atoms with Gasteiger partial charge in [0.05, 0.1) is 6.61 Å². The van der Waals surface area contributed by atoms with Crippen LogP contribution in [0.15, 0.2) is 87.5 Å². The van der Waals surface area contributed by atoms with Gasteiger partial charge in [0.2, 0.25) is 9.79 Å². The minimum atomic E-state index is -0.175. The van der Waals surface area contributed by atoms with Gasteiger partial charge < -0.3 is 9.84 Å². The van der Waals surface area contributed by atoms with Crippen LogP contribution >= 0.6 is 0 Å². The molecule has 1 aliphatic heterocycles. The van der Waals surface area contributed by atoms with Gasteiger partial charge in [0.1, 0.15) is 10.9 Å². The highest BCUT2D eigenvalue weighted by molar-refractivity contribution is 7.97. The summed E-state index contributed by atoms with van der Waals surface area (Å²) in [5.41, 5.74) is 0.933. The van der Waals surface area contributed by atoms with E-state index in [0.29, 0.717) is 0 Å². The van der Waals surface area contributed by atoms with Crippen molar-refractivity contribution in [2.75, 3.05) is 0 Å². The molecule has 0 atom stereocenters. The summed E-state index contributed by atoms with van der Waals surface area (Å²) < 4.78 is 6.04. The highest BCUT2D eigenvalue weighted by Crippen LogP contribution is 2.46. The van der Waals surface area contributed by atoms with E-state index in [4.69, 9.17) is 4.74 Å². The second kappa shape index (κ2) is 5.52. The van der Waals surface area contributed by atoms with Gasteiger partial charge in [0, 0.05) is 0 Å². The van der Waals surface area contributed by atoms with Gasteiger partial charge in [-0.3, -0.25) is 0 Å². The summed E-state index contributed by atoms with van der Waals surface area (Å²) in [5, 5.41) is 9.24. The van der Waals surface area contributed by atoms with Gasteiger partial charge in [-0.15, -0.1) is 0 Å². The van der Waals surface area contributed by atoms with Crippen LogP contribution in [0.2, 0.25) is 0 Å². The number of aliphatic hydroxyl groups excluding tert-OH is 1. The van der Waals surface area contributed by atoms with Crippen LogP contribution in [0.5, 0.6) is 11.5 Å². The van der Waals surface area contributed by atoms with Crippen molar-refractivity contribution in [2.24, 2.45) is 0 Å². The van der Waals surface area contributed by atoms with Crippen LogP contribution in [0.1, 0.15) is 5.56 Å². The molecule has 2 nitrogen and oxygen atoms in total. The van der Waals surface area contributed by atoms with Crippen molar-refractivity contribution in [2.45, 2.75) is 21.3 Å². The lowest BCUT2D eigenvalue weighted by molar-refractivity contribution is 0.282. The molecule has 1 N–H and O–H groups in total. The quantitative estimate of drug-likeness (QED) is 0.557. The molecule has 3 aromatic carbocycles. The third-order valence-electron chi connectivity index (χ3n) is 3.70. The predicted molar refractivity (Wildman–Crippen MR) is 87.5 cm³/mol. The summed E-state index contributed by atoms with van der Waals surface area (Å²) in [4.78, 5) is 3.65. The smallest absolute Gasteiger partial charge is 0.209 e. The lowest BCUT2D eigenvalue weighted by Crippen LogP contribution is -2.12. The number of hydrogen-bond donors (Lipinski definition) is 1. The van der Waals surface area contributed by atoms with E-state index in [-0.39, 0.29) is 17.5 Å². The molecule has 1 heterocycles. The molecular weight excluding hydrogens is 292 g/mol. The topological polar surface area (TPSA) is 29.5 Å². The largest absolute Gasteiger partial charge is 0.447 e. The maximum Gasteiger partial charge on any atom is 0.209 e. The standard InChI is InChI=1S/C19H15O2S/c20-13-14-9-11-15(12-10-14)22-18-7-3-1-5-16(18)21-17-6-2-4-8-19(17)22/h1-12,20H,13H2/q+1. The monoisotopic (exact) mass is 307 g/mol. The Bertz CT molecular complexity index is 766. The number of fused-ring (bicyclic) bond motifs is 2. The molecule has 0 spiro atoms. The van der Waals surface area contributed by atoms with Crippen molar-refractivity contribution in [3.63, 3.8) is 0 Å². The Kier molecular flexibility index (Phi) is 3.37. The van der Waals surface area contributed by atoms with Crippen LogP contribution in [0.4, 0.5) is 0 Å². The van der Waals surface area contributed by atoms with E-state index in [1.165, 1.54) is 14.7 Å². The van der Waals surface area contributed by atoms with Gasteiger partial charge in [-0.25, -0.2) is 0 Å². The average molecular weight is 307 g/mol. The Morgan fingerprint density at radius 2 is 1.27 bits per heavy atom. The van der Waals surface area contributed by atoms with E-state index in [2.05, 4.69) is 36.4 Å². The van der Waals surface area contributed by atoms with Crippen molar-refractivity contribution in [3.05, 3.63) is 78.4 Å². The molecular formula is C19H15O2S+. The number of benzene rings is 3. The summed E-state index contributed by atoms with van der Waals surface area (Å²) in [6.07, 6.45) is 0. The van der Waals surface area contributed by atoms with Crippen molar-refractivity contribution < 1.29 is 9.84 Å². The van der Waals surface area contributed by atoms with Crippen molar-refractivity contribution in [1.29, 1.82) is 0 Å². The van der Waals surface area contributed by atoms with Crippen LogP contribution in [0.3, 0.4) is 0 Å². The molecule has 0 bridgehead atoms. The van der Waals surface area contributed by atoms with Gasteiger partial charge in [0.15, 0.2) is 16.4 Å². The molecule has 0 aliphatic carbocycles. The van der Waals surface area contributed by atoms with Crippen molar-refractivity contribution in [3.8, 4) is 11.5 Å². The lowest BCUT2D eigenvalue weighted by atomic mass is 10.2. The first-order chi connectivity index (χ1) is 10.9. The van der Waals surface area contributed by atoms with Gasteiger partial charge in [-0.1, -0.05) is 36.4 Å². The predicted octanol–water partition coefficient (Wildman–Crippen LogP) is 4.38. The number of para-hydroxylation sites is 2. The molecule has 0 unspecified atom stereocenters. The number of hydrogen-bond acceptors (Lipinski definition) is 2. The molecule has 0 saturated carbocycles. The maximum absolute atomic E-state index is 9.24. The zero-order valence-electron chi connectivity index (χ0n) is 11.9. The molecule has 0 fully saturated rings. The van der Waals surface area contributed by atoms with Crippen LogP contribution in [0, 0.1) is 0 Å². The van der Waals surface area contributed by atoms with Crippen LogP contribution in [-0.4, -0.2) is 5.11 Å². The Hall–Kier alpha value is -2.23. The molecule has 0 saturated heterocycles. The summed E-state index contributed by atoms with van der Waals surface area (Å²) in [6, 6.07) is 24.6. The Balaban J connectivity index is 1.90. The zero-order valence-corrected chi connectivity index (χ0v) is 12.7. The van der Waals surface area contributed by atoms with E-state index in [1.807, 2.05) is 36.4 Å². The Labute approximate surface area is 132 Å². The second-order valence-corrected chi connectivity index (χ2v) is 7.07. The summed E-state index contributed by atoms with van der Waals surface area (Å²) in [5.74, 6) is 1.85. The van der Waals surface area contributed by atoms with Crippen molar-refractivity contribution in [1.82, 2.24) is 0 Å². The van der Waals surface area contributed by atoms with Gasteiger partial charge in [0.25, 0.3) is 0 Å². The molecule has 3 heteroatoms. The Morgan fingerprint density at radius 1 is 0.727 bits per heavy atom. The second-order valence-electron chi connectivity index (χ2n) is 5.10. The van der Waals surface area contributed by atoms with E-state index >= 15 is 0 Å². The van der Waals surface area contributed by atoms with Crippen molar-refractivity contribution >= 4 is 10.9 Å². The molecule has 108 valence electrons. The fourth-order valence-electron chi connectivity index (χ4n) is 2.63. The van der Waals surface area contributed by atoms with Gasteiger partial charge in [-0.05, 0) is 42.0 Å². The maximum atomic E-state index is 9.24. The molecule has 0 aromatic heterocycles. The molecule has 3 aromatic rings. The first kappa shape index (κ1) is 13.4. The van der Waals surface area contributed by atoms with Gasteiger partial charge in [-0.2, -0.15) is 0 Å². The van der Waals surface area contributed by atoms with E-state index in [9.17, 15) is 5.11 Å². The normalized spacial score (nSPS) is 13.1. The van der Waals surface area contributed by atoms with E-state index in [1.54, 1.807) is 0 Å². The third kappa shape index (κ3) is 2.19. The molecule has 4 rings (SSSR count). The highest BCUT2D eigenvalue weighted by Gasteiger charge is 2.38. The average Bonchev–Trinajstić information content (AvgIpc) is 2.60. The Morgan fingerprint density at radius 3 is 1.82 bits per heavy atom. The first-order valence-electron chi connectivity index (χ1n) is 7.17. The minimum absolute atomic E-state index is 0.0738. The van der Waals surface area contributed by atoms with E-state index in [0.717, 1.165) is 17.1 Å². The summed E-state index contributed by atoms with van der Waals surface area (Å²) in [6.45, 7) is 0.0738. The zero-order chi connectivity index (χ0) is 14.9. The van der Waals surface area contributed by atoms with Crippen LogP contribution < -0.4 is 4.74 Å². The summed E-state index contributed by atoms with van der Waals surface area (Å²) in [7, 11) is -0.175. The molecule has 0 radical (unpaired) electrons. The fourth-order valence-corrected chi connectivity index (χ4v) is 4.83. The molecule has 1 aliphatic rings. The highest BCUT2D eigenvalue weighted by atomic mass is 32.2. The SMILES string of the molecule is OCc1ccc([S+]2c3ccccc3Oc3ccccc32)cc1. The third-order valence-corrected chi connectivity index (χ3v) is 6.00. The number of aliphatic hydroxyl groups is 1. The minimum Gasteiger partial charge on any atom is -0.447 e. The molecule has 0 amide bonds. The van der Waals surface area contributed by atoms with Gasteiger partial charge >= 0.3 is 0 Å². The van der Waals surface area contributed by atoms with Crippen LogP contribution in [-0.2, 0) is 17.5 Å². The number of ether oxygens (including phenoxy) is 1. The molecule has 22 heavy (non-hydrogen) atoms. The first-order valence-corrected chi connectivity index (χ1v) is 8.39.